The van der Waals surface area contributed by atoms with Crippen LogP contribution in [0.1, 0.15) is 38.5 Å². The quantitative estimate of drug-likeness (QED) is 0.828. The highest BCUT2D eigenvalue weighted by Crippen LogP contribution is 2.40. The first kappa shape index (κ1) is 13.2. The van der Waals surface area contributed by atoms with Crippen LogP contribution in [-0.2, 0) is 4.79 Å². The van der Waals surface area contributed by atoms with Gasteiger partial charge in [-0.25, -0.2) is 4.39 Å². The van der Waals surface area contributed by atoms with E-state index in [0.717, 1.165) is 44.2 Å². The van der Waals surface area contributed by atoms with E-state index < -0.39 is 11.4 Å². The van der Waals surface area contributed by atoms with Gasteiger partial charge in [-0.2, -0.15) is 0 Å². The lowest BCUT2D eigenvalue weighted by atomic mass is 9.86. The maximum absolute atomic E-state index is 13.7. The Kier molecular flexibility index (Phi) is 3.28. The highest BCUT2D eigenvalue weighted by atomic mass is 19.1. The molecule has 1 fully saturated rings. The van der Waals surface area contributed by atoms with Crippen molar-refractivity contribution in [2.24, 2.45) is 0 Å². The van der Waals surface area contributed by atoms with Crippen molar-refractivity contribution >= 4 is 17.3 Å². The van der Waals surface area contributed by atoms with Gasteiger partial charge in [0.15, 0.2) is 11.6 Å². The molecule has 20 heavy (non-hydrogen) atoms. The molecule has 1 spiro atoms. The maximum Gasteiger partial charge on any atom is 0.250 e. The molecule has 2 aliphatic rings. The topological polar surface area (TPSA) is 50.4 Å². The summed E-state index contributed by atoms with van der Waals surface area (Å²) in [5.74, 6) is -0.321. The van der Waals surface area contributed by atoms with Gasteiger partial charge in [-0.1, -0.05) is 25.7 Å². The predicted octanol–water partition coefficient (Wildman–Crippen LogP) is 3.29. The van der Waals surface area contributed by atoms with E-state index in [0.29, 0.717) is 5.69 Å². The highest BCUT2D eigenvalue weighted by molar-refractivity contribution is 6.06. The monoisotopic (exact) mass is 278 g/mol. The van der Waals surface area contributed by atoms with E-state index in [1.165, 1.54) is 13.2 Å². The van der Waals surface area contributed by atoms with Gasteiger partial charge in [0.25, 0.3) is 0 Å². The fourth-order valence-corrected chi connectivity index (χ4v) is 3.16. The number of rotatable bonds is 1. The Hall–Kier alpha value is -1.78. The number of fused-ring (bicyclic) bond motifs is 1. The van der Waals surface area contributed by atoms with E-state index >= 15 is 0 Å². The van der Waals surface area contributed by atoms with Gasteiger partial charge in [-0.05, 0) is 12.8 Å². The molecule has 1 aromatic carbocycles. The summed E-state index contributed by atoms with van der Waals surface area (Å²) in [6.45, 7) is 0. The second-order valence-corrected chi connectivity index (χ2v) is 5.61. The van der Waals surface area contributed by atoms with Gasteiger partial charge in [0, 0.05) is 12.1 Å². The molecule has 1 amide bonds. The van der Waals surface area contributed by atoms with Crippen LogP contribution in [0.3, 0.4) is 0 Å². The van der Waals surface area contributed by atoms with E-state index in [-0.39, 0.29) is 11.7 Å². The van der Waals surface area contributed by atoms with Crippen molar-refractivity contribution < 1.29 is 13.9 Å². The maximum atomic E-state index is 13.7. The van der Waals surface area contributed by atoms with Crippen LogP contribution < -0.4 is 15.4 Å². The first-order chi connectivity index (χ1) is 9.64. The lowest BCUT2D eigenvalue weighted by molar-refractivity contribution is -0.121. The zero-order chi connectivity index (χ0) is 14.2. The van der Waals surface area contributed by atoms with Crippen LogP contribution >= 0.6 is 0 Å². The van der Waals surface area contributed by atoms with Gasteiger partial charge >= 0.3 is 0 Å². The molecule has 0 saturated heterocycles. The lowest BCUT2D eigenvalue weighted by Crippen LogP contribution is -2.52. The molecule has 0 unspecified atom stereocenters. The third-order valence-electron chi connectivity index (χ3n) is 4.31. The summed E-state index contributed by atoms with van der Waals surface area (Å²) in [6, 6.07) is 2.93. The van der Waals surface area contributed by atoms with Crippen LogP contribution in [-0.4, -0.2) is 18.6 Å². The number of amides is 1. The fourth-order valence-electron chi connectivity index (χ4n) is 3.16. The third-order valence-corrected chi connectivity index (χ3v) is 4.31. The number of methoxy groups -OCH3 is 1. The van der Waals surface area contributed by atoms with Crippen LogP contribution in [0, 0.1) is 5.82 Å². The van der Waals surface area contributed by atoms with Crippen molar-refractivity contribution in [1.82, 2.24) is 0 Å². The molecule has 0 atom stereocenters. The minimum absolute atomic E-state index is 0.0449. The second kappa shape index (κ2) is 4.96. The smallest absolute Gasteiger partial charge is 0.250 e. The number of halogens is 1. The van der Waals surface area contributed by atoms with Crippen molar-refractivity contribution in [3.05, 3.63) is 17.9 Å². The molecule has 0 radical (unpaired) electrons. The van der Waals surface area contributed by atoms with Crippen molar-refractivity contribution in [2.75, 3.05) is 17.7 Å². The summed E-state index contributed by atoms with van der Waals surface area (Å²) in [5.41, 5.74) is 0.680. The third kappa shape index (κ3) is 2.11. The minimum Gasteiger partial charge on any atom is -0.494 e. The SMILES string of the molecule is COc1cc2c(cc1F)NC(=O)C1(CCCCCC1)N2. The normalized spacial score (nSPS) is 20.6. The lowest BCUT2D eigenvalue weighted by Gasteiger charge is -2.38. The molecule has 0 bridgehead atoms. The predicted molar refractivity (Wildman–Crippen MR) is 75.6 cm³/mol. The summed E-state index contributed by atoms with van der Waals surface area (Å²) < 4.78 is 18.7. The molecule has 2 N–H and O–H groups in total. The number of hydrogen-bond acceptors (Lipinski definition) is 3. The standard InChI is InChI=1S/C15H19FN2O2/c1-20-13-9-12-11(8-10(13)16)17-14(19)15(18-12)6-4-2-3-5-7-15/h8-9,18H,2-7H2,1H3,(H,17,19). The number of carbonyl (C=O) groups excluding carboxylic acids is 1. The zero-order valence-corrected chi connectivity index (χ0v) is 11.6. The molecule has 5 heteroatoms. The highest BCUT2D eigenvalue weighted by Gasteiger charge is 2.42. The van der Waals surface area contributed by atoms with Crippen LogP contribution in [0.2, 0.25) is 0 Å². The number of anilines is 2. The van der Waals surface area contributed by atoms with Gasteiger partial charge < -0.3 is 15.4 Å². The van der Waals surface area contributed by atoms with E-state index in [9.17, 15) is 9.18 Å². The Morgan fingerprint density at radius 2 is 1.85 bits per heavy atom. The Bertz CT molecular complexity index is 537. The average Bonchev–Trinajstić information content (AvgIpc) is 2.67. The van der Waals surface area contributed by atoms with E-state index in [2.05, 4.69) is 10.6 Å². The van der Waals surface area contributed by atoms with Crippen LogP contribution in [0.4, 0.5) is 15.8 Å². The van der Waals surface area contributed by atoms with Gasteiger partial charge in [-0.3, -0.25) is 4.79 Å². The van der Waals surface area contributed by atoms with Gasteiger partial charge in [0.1, 0.15) is 5.54 Å². The summed E-state index contributed by atoms with van der Waals surface area (Å²) in [5, 5.41) is 6.19. The number of nitrogens with one attached hydrogen (secondary N) is 2. The van der Waals surface area contributed by atoms with Gasteiger partial charge in [0.05, 0.1) is 18.5 Å². The molecule has 1 saturated carbocycles. The van der Waals surface area contributed by atoms with Crippen LogP contribution in [0.15, 0.2) is 12.1 Å². The number of benzene rings is 1. The molecule has 3 rings (SSSR count). The minimum atomic E-state index is -0.549. The van der Waals surface area contributed by atoms with Crippen molar-refractivity contribution in [2.45, 2.75) is 44.1 Å². The summed E-state index contributed by atoms with van der Waals surface area (Å²) in [4.78, 5) is 12.4. The molecule has 0 aromatic heterocycles. The summed E-state index contributed by atoms with van der Waals surface area (Å²) >= 11 is 0. The summed E-state index contributed by atoms with van der Waals surface area (Å²) in [6.07, 6.45) is 6.03. The molecular weight excluding hydrogens is 259 g/mol. The van der Waals surface area contributed by atoms with Crippen LogP contribution in [0.5, 0.6) is 5.75 Å². The van der Waals surface area contributed by atoms with Crippen molar-refractivity contribution in [3.63, 3.8) is 0 Å². The molecule has 1 aliphatic heterocycles. The van der Waals surface area contributed by atoms with E-state index in [4.69, 9.17) is 4.74 Å². The molecule has 1 heterocycles. The van der Waals surface area contributed by atoms with E-state index in [1.807, 2.05) is 0 Å². The first-order valence-corrected chi connectivity index (χ1v) is 7.12. The Morgan fingerprint density at radius 1 is 1.15 bits per heavy atom. The van der Waals surface area contributed by atoms with Crippen molar-refractivity contribution in [3.8, 4) is 5.75 Å². The first-order valence-electron chi connectivity index (χ1n) is 7.12. The molecular formula is C15H19FN2O2. The molecule has 1 aliphatic carbocycles. The fraction of sp³-hybridized carbons (Fsp3) is 0.533. The molecule has 4 nitrogen and oxygen atoms in total. The second-order valence-electron chi connectivity index (χ2n) is 5.61. The van der Waals surface area contributed by atoms with E-state index in [1.54, 1.807) is 6.07 Å². The Morgan fingerprint density at radius 3 is 2.50 bits per heavy atom. The average molecular weight is 278 g/mol. The van der Waals surface area contributed by atoms with Crippen LogP contribution in [0.25, 0.3) is 0 Å². The Labute approximate surface area is 117 Å². The number of ether oxygens (including phenoxy) is 1. The van der Waals surface area contributed by atoms with Gasteiger partial charge in [-0.15, -0.1) is 0 Å². The molecule has 1 aromatic rings. The molecule has 108 valence electrons. The zero-order valence-electron chi connectivity index (χ0n) is 11.6. The summed E-state index contributed by atoms with van der Waals surface area (Å²) in [7, 11) is 1.44. The number of hydrogen-bond donors (Lipinski definition) is 2. The largest absolute Gasteiger partial charge is 0.494 e. The number of carbonyl (C=O) groups is 1. The Balaban J connectivity index is 1.98. The van der Waals surface area contributed by atoms with Gasteiger partial charge in [0.2, 0.25) is 5.91 Å². The van der Waals surface area contributed by atoms with Crippen molar-refractivity contribution in [1.29, 1.82) is 0 Å².